The normalized spacial score (nSPS) is 21.6. The number of carbonyl (C=O) groups excluding carboxylic acids is 2. The van der Waals surface area contributed by atoms with E-state index in [1.54, 1.807) is 38.2 Å². The third-order valence-electron chi connectivity index (χ3n) is 6.86. The Kier molecular flexibility index (Phi) is 8.01. The lowest BCUT2D eigenvalue weighted by Crippen LogP contribution is -2.56. The fourth-order valence-electron chi connectivity index (χ4n) is 4.87. The lowest BCUT2D eigenvalue weighted by molar-refractivity contribution is -0.139. The molecule has 2 aliphatic rings. The highest BCUT2D eigenvalue weighted by Crippen LogP contribution is 2.32. The summed E-state index contributed by atoms with van der Waals surface area (Å²) < 4.78 is 33.5. The Bertz CT molecular complexity index is 1280. The van der Waals surface area contributed by atoms with Crippen LogP contribution in [0.3, 0.4) is 0 Å². The van der Waals surface area contributed by atoms with Crippen molar-refractivity contribution in [3.8, 4) is 0 Å². The molecule has 0 bridgehead atoms. The molecule has 2 heterocycles. The standard InChI is InChI=1S/C27H34N4O5S/c1-5-36-26(32)24-23(29(4)27(33)28-25(24)21-9-7-6-8-10-21)18-30-15-16-31(20(3)17-30)37(34,35)22-13-11-19(2)12-14-22/h6-14,20,25H,5,15-18H2,1-4H3,(H,28,33)/t20-,25+/m0/s1. The number of aryl methyl sites for hydroxylation is 1. The van der Waals surface area contributed by atoms with Crippen molar-refractivity contribution in [2.45, 2.75) is 37.8 Å². The van der Waals surface area contributed by atoms with E-state index in [2.05, 4.69) is 10.2 Å². The van der Waals surface area contributed by atoms with E-state index < -0.39 is 22.0 Å². The number of hydrogen-bond donors (Lipinski definition) is 1. The Balaban J connectivity index is 1.61. The zero-order chi connectivity index (χ0) is 26.7. The molecule has 1 N–H and O–H groups in total. The molecule has 37 heavy (non-hydrogen) atoms. The van der Waals surface area contributed by atoms with Crippen molar-refractivity contribution in [1.29, 1.82) is 0 Å². The summed E-state index contributed by atoms with van der Waals surface area (Å²) in [5, 5.41) is 2.92. The molecule has 9 nitrogen and oxygen atoms in total. The van der Waals surface area contributed by atoms with Crippen LogP contribution < -0.4 is 5.32 Å². The van der Waals surface area contributed by atoms with Crippen LogP contribution in [0.15, 0.2) is 70.8 Å². The molecule has 0 aliphatic carbocycles. The Morgan fingerprint density at radius 2 is 1.76 bits per heavy atom. The van der Waals surface area contributed by atoms with Gasteiger partial charge in [0.2, 0.25) is 10.0 Å². The van der Waals surface area contributed by atoms with E-state index >= 15 is 0 Å². The Morgan fingerprint density at radius 3 is 2.38 bits per heavy atom. The molecule has 0 spiro atoms. The number of ether oxygens (including phenoxy) is 1. The molecule has 2 amide bonds. The number of sulfonamides is 1. The van der Waals surface area contributed by atoms with Crippen LogP contribution in [0.25, 0.3) is 0 Å². The van der Waals surface area contributed by atoms with E-state index in [4.69, 9.17) is 4.74 Å². The topological polar surface area (TPSA) is 99.3 Å². The van der Waals surface area contributed by atoms with Crippen LogP contribution in [0.2, 0.25) is 0 Å². The van der Waals surface area contributed by atoms with E-state index in [1.807, 2.05) is 44.2 Å². The van der Waals surface area contributed by atoms with Gasteiger partial charge in [0.15, 0.2) is 0 Å². The van der Waals surface area contributed by atoms with Crippen LogP contribution in [0.1, 0.15) is 31.0 Å². The van der Waals surface area contributed by atoms with Gasteiger partial charge in [-0.1, -0.05) is 48.0 Å². The number of rotatable bonds is 7. The van der Waals surface area contributed by atoms with Crippen LogP contribution in [-0.2, 0) is 19.6 Å². The van der Waals surface area contributed by atoms with Crippen molar-refractivity contribution in [3.05, 3.63) is 77.0 Å². The smallest absolute Gasteiger partial charge is 0.338 e. The highest BCUT2D eigenvalue weighted by Gasteiger charge is 2.39. The van der Waals surface area contributed by atoms with E-state index in [9.17, 15) is 18.0 Å². The van der Waals surface area contributed by atoms with Crippen molar-refractivity contribution in [3.63, 3.8) is 0 Å². The van der Waals surface area contributed by atoms with Gasteiger partial charge in [-0.2, -0.15) is 4.31 Å². The highest BCUT2D eigenvalue weighted by molar-refractivity contribution is 7.89. The fraction of sp³-hybridized carbons (Fsp3) is 0.407. The number of nitrogens with one attached hydrogen (secondary N) is 1. The zero-order valence-electron chi connectivity index (χ0n) is 21.7. The van der Waals surface area contributed by atoms with Gasteiger partial charge in [-0.25, -0.2) is 18.0 Å². The molecule has 2 aliphatic heterocycles. The van der Waals surface area contributed by atoms with Gasteiger partial charge in [-0.15, -0.1) is 0 Å². The van der Waals surface area contributed by atoms with Gasteiger partial charge in [0.1, 0.15) is 0 Å². The molecule has 4 rings (SSSR count). The fourth-order valence-corrected chi connectivity index (χ4v) is 6.48. The van der Waals surface area contributed by atoms with E-state index in [1.165, 1.54) is 9.21 Å². The summed E-state index contributed by atoms with van der Waals surface area (Å²) in [6, 6.07) is 14.9. The van der Waals surface area contributed by atoms with Gasteiger partial charge in [0, 0.05) is 45.0 Å². The van der Waals surface area contributed by atoms with Gasteiger partial charge >= 0.3 is 12.0 Å². The van der Waals surface area contributed by atoms with Crippen molar-refractivity contribution in [2.24, 2.45) is 0 Å². The average Bonchev–Trinajstić information content (AvgIpc) is 2.87. The molecule has 0 unspecified atom stereocenters. The molecular formula is C27H34N4O5S. The minimum Gasteiger partial charge on any atom is -0.463 e. The van der Waals surface area contributed by atoms with E-state index in [0.29, 0.717) is 37.4 Å². The summed E-state index contributed by atoms with van der Waals surface area (Å²) in [6.45, 7) is 7.28. The van der Waals surface area contributed by atoms with Crippen LogP contribution in [0, 0.1) is 6.92 Å². The lowest BCUT2D eigenvalue weighted by atomic mass is 9.94. The summed E-state index contributed by atoms with van der Waals surface area (Å²) in [5.74, 6) is -0.480. The van der Waals surface area contributed by atoms with Crippen molar-refractivity contribution in [2.75, 3.05) is 39.8 Å². The number of urea groups is 1. The zero-order valence-corrected chi connectivity index (χ0v) is 22.5. The Labute approximate surface area is 218 Å². The lowest BCUT2D eigenvalue weighted by Gasteiger charge is -2.41. The number of likely N-dealkylation sites (N-methyl/N-ethyl adjacent to an activating group) is 1. The number of piperazine rings is 1. The summed E-state index contributed by atoms with van der Waals surface area (Å²) in [4.78, 5) is 29.9. The molecule has 10 heteroatoms. The van der Waals surface area contributed by atoms with Crippen LogP contribution in [0.5, 0.6) is 0 Å². The summed E-state index contributed by atoms with van der Waals surface area (Å²) >= 11 is 0. The number of benzene rings is 2. The number of amides is 2. The summed E-state index contributed by atoms with van der Waals surface area (Å²) in [6.07, 6.45) is 0. The Morgan fingerprint density at radius 1 is 1.08 bits per heavy atom. The SMILES string of the molecule is CCOC(=O)C1=C(CN2CCN(S(=O)(=O)c3ccc(C)cc3)[C@@H](C)C2)N(C)C(=O)N[C@@H]1c1ccccc1. The highest BCUT2D eigenvalue weighted by atomic mass is 32.2. The van der Waals surface area contributed by atoms with Crippen molar-refractivity contribution < 1.29 is 22.7 Å². The maximum atomic E-state index is 13.3. The molecule has 2 aromatic rings. The minimum atomic E-state index is -3.63. The Hall–Kier alpha value is -3.21. The number of esters is 1. The van der Waals surface area contributed by atoms with Crippen LogP contribution in [-0.4, -0.2) is 80.4 Å². The first-order valence-electron chi connectivity index (χ1n) is 12.4. The van der Waals surface area contributed by atoms with Crippen LogP contribution >= 0.6 is 0 Å². The summed E-state index contributed by atoms with van der Waals surface area (Å²) in [5.41, 5.74) is 2.72. The van der Waals surface area contributed by atoms with E-state index in [-0.39, 0.29) is 23.6 Å². The van der Waals surface area contributed by atoms with Gasteiger partial charge in [0.05, 0.1) is 23.1 Å². The number of hydrogen-bond acceptors (Lipinski definition) is 6. The van der Waals surface area contributed by atoms with Crippen LogP contribution in [0.4, 0.5) is 4.79 Å². The largest absolute Gasteiger partial charge is 0.463 e. The molecule has 2 atom stereocenters. The van der Waals surface area contributed by atoms with Gasteiger partial charge in [-0.05, 0) is 38.5 Å². The molecule has 1 saturated heterocycles. The number of carbonyl (C=O) groups is 2. The quantitative estimate of drug-likeness (QED) is 0.557. The summed E-state index contributed by atoms with van der Waals surface area (Å²) in [7, 11) is -2.00. The molecule has 198 valence electrons. The third kappa shape index (κ3) is 5.56. The molecule has 2 aromatic carbocycles. The predicted octanol–water partition coefficient (Wildman–Crippen LogP) is 2.90. The monoisotopic (exact) mass is 526 g/mol. The molecule has 1 fully saturated rings. The van der Waals surface area contributed by atoms with Gasteiger partial charge in [-0.3, -0.25) is 9.80 Å². The molecular weight excluding hydrogens is 492 g/mol. The van der Waals surface area contributed by atoms with Gasteiger partial charge < -0.3 is 10.1 Å². The first kappa shape index (κ1) is 26.8. The first-order chi connectivity index (χ1) is 17.6. The first-order valence-corrected chi connectivity index (χ1v) is 13.9. The molecule has 0 aromatic heterocycles. The maximum Gasteiger partial charge on any atom is 0.338 e. The van der Waals surface area contributed by atoms with Crippen molar-refractivity contribution in [1.82, 2.24) is 19.4 Å². The predicted molar refractivity (Wildman–Crippen MR) is 140 cm³/mol. The average molecular weight is 527 g/mol. The number of nitrogens with zero attached hydrogens (tertiary/aromatic N) is 3. The second kappa shape index (κ2) is 11.0. The maximum absolute atomic E-state index is 13.3. The van der Waals surface area contributed by atoms with E-state index in [0.717, 1.165) is 11.1 Å². The minimum absolute atomic E-state index is 0.210. The second-order valence-electron chi connectivity index (χ2n) is 9.45. The van der Waals surface area contributed by atoms with Gasteiger partial charge in [0.25, 0.3) is 0 Å². The molecule has 0 radical (unpaired) electrons. The second-order valence-corrected chi connectivity index (χ2v) is 11.3. The van der Waals surface area contributed by atoms with Crippen molar-refractivity contribution >= 4 is 22.0 Å². The molecule has 0 saturated carbocycles. The third-order valence-corrected chi connectivity index (χ3v) is 8.88.